The summed E-state index contributed by atoms with van der Waals surface area (Å²) in [5, 5.41) is 14.4. The molecular weight excluding hydrogens is 374 g/mol. The number of likely N-dealkylation sites (tertiary alicyclic amines) is 1. The summed E-state index contributed by atoms with van der Waals surface area (Å²) in [6, 6.07) is 3.54. The number of hydrogen-bond donors (Lipinski definition) is 1. The monoisotopic (exact) mass is 403 g/mol. The summed E-state index contributed by atoms with van der Waals surface area (Å²) in [5.74, 6) is 0.149. The lowest BCUT2D eigenvalue weighted by Gasteiger charge is -2.37. The van der Waals surface area contributed by atoms with Gasteiger partial charge in [0, 0.05) is 39.3 Å². The molecule has 2 amide bonds. The molecule has 7 nitrogen and oxygen atoms in total. The molecule has 2 saturated heterocycles. The number of nitrogens with one attached hydrogen (secondary N) is 1. The predicted molar refractivity (Wildman–Crippen MR) is 110 cm³/mol. The van der Waals surface area contributed by atoms with Gasteiger partial charge in [0.15, 0.2) is 0 Å². The maximum atomic E-state index is 12.6. The fourth-order valence-corrected chi connectivity index (χ4v) is 4.54. The van der Waals surface area contributed by atoms with E-state index < -0.39 is 0 Å². The Morgan fingerprint density at radius 3 is 2.46 bits per heavy atom. The Bertz CT molecular complexity index is 712. The van der Waals surface area contributed by atoms with Crippen molar-refractivity contribution in [2.75, 3.05) is 51.1 Å². The number of carbonyl (C=O) groups excluding carboxylic acids is 2. The Balaban J connectivity index is 1.44. The van der Waals surface area contributed by atoms with Crippen LogP contribution in [0.5, 0.6) is 0 Å². The zero-order valence-electron chi connectivity index (χ0n) is 16.5. The Morgan fingerprint density at radius 1 is 1.14 bits per heavy atom. The van der Waals surface area contributed by atoms with Crippen molar-refractivity contribution in [1.29, 1.82) is 5.26 Å². The van der Waals surface area contributed by atoms with Crippen molar-refractivity contribution >= 4 is 28.2 Å². The third-order valence-electron chi connectivity index (χ3n) is 5.67. The van der Waals surface area contributed by atoms with Crippen LogP contribution in [-0.2, 0) is 9.59 Å². The maximum Gasteiger partial charge on any atom is 0.242 e. The zero-order chi connectivity index (χ0) is 19.9. The van der Waals surface area contributed by atoms with Crippen LogP contribution in [0.15, 0.2) is 11.4 Å². The SMILES string of the molecule is C[C@@H](C(=O)Nc1sccc1C#N)N1CCN(CC(=O)N2CCCCCC2)CC1. The second kappa shape index (κ2) is 10.0. The molecule has 28 heavy (non-hydrogen) atoms. The molecular formula is C20H29N5O2S. The lowest BCUT2D eigenvalue weighted by molar-refractivity contribution is -0.133. The molecule has 1 aromatic heterocycles. The number of nitriles is 1. The van der Waals surface area contributed by atoms with Crippen molar-refractivity contribution in [3.8, 4) is 6.07 Å². The first-order valence-corrected chi connectivity index (χ1v) is 11.0. The number of rotatable bonds is 5. The fraction of sp³-hybridized carbons (Fsp3) is 0.650. The van der Waals surface area contributed by atoms with Crippen molar-refractivity contribution in [1.82, 2.24) is 14.7 Å². The first-order valence-electron chi connectivity index (χ1n) is 10.1. The molecule has 8 heteroatoms. The number of piperazine rings is 1. The highest BCUT2D eigenvalue weighted by molar-refractivity contribution is 7.14. The highest BCUT2D eigenvalue weighted by atomic mass is 32.1. The molecule has 1 aromatic rings. The average molecular weight is 404 g/mol. The van der Waals surface area contributed by atoms with Gasteiger partial charge in [-0.1, -0.05) is 12.8 Å². The molecule has 0 saturated carbocycles. The average Bonchev–Trinajstić information content (AvgIpc) is 2.97. The van der Waals surface area contributed by atoms with Crippen molar-refractivity contribution in [2.24, 2.45) is 0 Å². The lowest BCUT2D eigenvalue weighted by atomic mass is 10.2. The highest BCUT2D eigenvalue weighted by Gasteiger charge is 2.28. The summed E-state index contributed by atoms with van der Waals surface area (Å²) in [4.78, 5) is 31.5. The van der Waals surface area contributed by atoms with Gasteiger partial charge in [-0.15, -0.1) is 11.3 Å². The van der Waals surface area contributed by atoms with Crippen LogP contribution in [0.25, 0.3) is 0 Å². The third-order valence-corrected chi connectivity index (χ3v) is 6.50. The van der Waals surface area contributed by atoms with E-state index in [-0.39, 0.29) is 17.9 Å². The molecule has 3 heterocycles. The molecule has 0 bridgehead atoms. The highest BCUT2D eigenvalue weighted by Crippen LogP contribution is 2.22. The largest absolute Gasteiger partial charge is 0.342 e. The molecule has 0 aliphatic carbocycles. The van der Waals surface area contributed by atoms with Crippen LogP contribution in [0.4, 0.5) is 5.00 Å². The molecule has 0 radical (unpaired) electrons. The van der Waals surface area contributed by atoms with Gasteiger partial charge in [-0.05, 0) is 31.2 Å². The second-order valence-corrected chi connectivity index (χ2v) is 8.46. The summed E-state index contributed by atoms with van der Waals surface area (Å²) in [6.07, 6.45) is 4.68. The summed E-state index contributed by atoms with van der Waals surface area (Å²) < 4.78 is 0. The maximum absolute atomic E-state index is 12.6. The van der Waals surface area contributed by atoms with E-state index in [1.54, 1.807) is 11.4 Å². The minimum atomic E-state index is -0.267. The van der Waals surface area contributed by atoms with E-state index in [1.807, 2.05) is 11.8 Å². The van der Waals surface area contributed by atoms with Gasteiger partial charge in [0.25, 0.3) is 0 Å². The van der Waals surface area contributed by atoms with Gasteiger partial charge in [-0.3, -0.25) is 19.4 Å². The van der Waals surface area contributed by atoms with Crippen LogP contribution in [0.3, 0.4) is 0 Å². The van der Waals surface area contributed by atoms with Crippen LogP contribution in [0.1, 0.15) is 38.2 Å². The quantitative estimate of drug-likeness (QED) is 0.813. The van der Waals surface area contributed by atoms with Gasteiger partial charge >= 0.3 is 0 Å². The van der Waals surface area contributed by atoms with Crippen LogP contribution < -0.4 is 5.32 Å². The van der Waals surface area contributed by atoms with E-state index in [9.17, 15) is 9.59 Å². The van der Waals surface area contributed by atoms with Crippen molar-refractivity contribution in [3.63, 3.8) is 0 Å². The number of anilines is 1. The number of carbonyl (C=O) groups is 2. The van der Waals surface area contributed by atoms with Gasteiger partial charge in [0.1, 0.15) is 11.1 Å². The first-order chi connectivity index (χ1) is 13.6. The Labute approximate surface area is 170 Å². The molecule has 2 aliphatic heterocycles. The number of hydrogen-bond acceptors (Lipinski definition) is 6. The van der Waals surface area contributed by atoms with Gasteiger partial charge < -0.3 is 10.2 Å². The minimum absolute atomic E-state index is 0.0898. The standard InChI is InChI=1S/C20H29N5O2S/c1-16(19(27)22-20-17(14-21)6-13-28-20)24-11-9-23(10-12-24)15-18(26)25-7-4-2-3-5-8-25/h6,13,16H,2-5,7-12,15H2,1H3,(H,22,27)/t16-/m0/s1. The van der Waals surface area contributed by atoms with Crippen LogP contribution in [0, 0.1) is 11.3 Å². The molecule has 2 aliphatic rings. The summed E-state index contributed by atoms with van der Waals surface area (Å²) >= 11 is 1.37. The minimum Gasteiger partial charge on any atom is -0.342 e. The van der Waals surface area contributed by atoms with Crippen molar-refractivity contribution in [2.45, 2.75) is 38.6 Å². The molecule has 1 N–H and O–H groups in total. The zero-order valence-corrected chi connectivity index (χ0v) is 17.3. The van der Waals surface area contributed by atoms with Crippen molar-refractivity contribution < 1.29 is 9.59 Å². The van der Waals surface area contributed by atoms with E-state index in [0.29, 0.717) is 17.1 Å². The topological polar surface area (TPSA) is 79.7 Å². The normalized spacial score (nSPS) is 20.2. The molecule has 152 valence electrons. The van der Waals surface area contributed by atoms with E-state index in [1.165, 1.54) is 24.2 Å². The van der Waals surface area contributed by atoms with Gasteiger partial charge in [0.05, 0.1) is 18.2 Å². The lowest BCUT2D eigenvalue weighted by Crippen LogP contribution is -2.54. The van der Waals surface area contributed by atoms with E-state index >= 15 is 0 Å². The molecule has 0 spiro atoms. The first kappa shape index (κ1) is 20.8. The summed E-state index contributed by atoms with van der Waals surface area (Å²) in [5.41, 5.74) is 0.502. The number of thiophene rings is 1. The van der Waals surface area contributed by atoms with E-state index in [0.717, 1.165) is 52.1 Å². The third kappa shape index (κ3) is 5.31. The second-order valence-electron chi connectivity index (χ2n) is 7.55. The number of amides is 2. The smallest absolute Gasteiger partial charge is 0.242 e. The van der Waals surface area contributed by atoms with Gasteiger partial charge in [-0.2, -0.15) is 5.26 Å². The van der Waals surface area contributed by atoms with Crippen LogP contribution in [0.2, 0.25) is 0 Å². The van der Waals surface area contributed by atoms with Crippen molar-refractivity contribution in [3.05, 3.63) is 17.0 Å². The Kier molecular flexibility index (Phi) is 7.43. The van der Waals surface area contributed by atoms with Crippen LogP contribution in [-0.4, -0.2) is 78.4 Å². The molecule has 3 rings (SSSR count). The fourth-order valence-electron chi connectivity index (χ4n) is 3.80. The molecule has 0 unspecified atom stereocenters. The summed E-state index contributed by atoms with van der Waals surface area (Å²) in [6.45, 7) is 7.27. The predicted octanol–water partition coefficient (Wildman–Crippen LogP) is 1.97. The Hall–Kier alpha value is -1.95. The summed E-state index contributed by atoms with van der Waals surface area (Å²) in [7, 11) is 0. The van der Waals surface area contributed by atoms with Gasteiger partial charge in [0.2, 0.25) is 11.8 Å². The molecule has 1 atom stereocenters. The van der Waals surface area contributed by atoms with Gasteiger partial charge in [-0.25, -0.2) is 0 Å². The van der Waals surface area contributed by atoms with E-state index in [4.69, 9.17) is 5.26 Å². The number of nitrogens with zero attached hydrogens (tertiary/aromatic N) is 4. The van der Waals surface area contributed by atoms with E-state index in [2.05, 4.69) is 21.2 Å². The molecule has 2 fully saturated rings. The van der Waals surface area contributed by atoms with Crippen LogP contribution >= 0.6 is 11.3 Å². The Morgan fingerprint density at radius 2 is 1.82 bits per heavy atom. The molecule has 0 aromatic carbocycles.